The zero-order chi connectivity index (χ0) is 12.3. The van der Waals surface area contributed by atoms with Crippen molar-refractivity contribution in [1.29, 1.82) is 0 Å². The summed E-state index contributed by atoms with van der Waals surface area (Å²) in [5, 5.41) is 8.67. The van der Waals surface area contributed by atoms with E-state index >= 15 is 0 Å². The maximum atomic E-state index is 13.2. The molecule has 0 fully saturated rings. The van der Waals surface area contributed by atoms with Crippen molar-refractivity contribution in [1.82, 2.24) is 4.72 Å². The fraction of sp³-hybridized carbons (Fsp3) is 0.333. The Balaban J connectivity index is 3.13. The Morgan fingerprint density at radius 3 is 2.62 bits per heavy atom. The zero-order valence-electron chi connectivity index (χ0n) is 8.44. The van der Waals surface area contributed by atoms with Gasteiger partial charge in [-0.25, -0.2) is 21.9 Å². The van der Waals surface area contributed by atoms with E-state index in [1.54, 1.807) is 0 Å². The second-order valence-corrected chi connectivity index (χ2v) is 4.94. The van der Waals surface area contributed by atoms with Crippen molar-refractivity contribution in [2.75, 3.05) is 6.61 Å². The monoisotopic (exact) mass is 251 g/mol. The number of hydrogen-bond donors (Lipinski definition) is 2. The van der Waals surface area contributed by atoms with Crippen LogP contribution >= 0.6 is 0 Å². The number of hydrogen-bond acceptors (Lipinski definition) is 3. The van der Waals surface area contributed by atoms with Crippen molar-refractivity contribution in [3.63, 3.8) is 0 Å². The second kappa shape index (κ2) is 4.86. The summed E-state index contributed by atoms with van der Waals surface area (Å²) in [6.07, 6.45) is 0. The largest absolute Gasteiger partial charge is 0.395 e. The van der Waals surface area contributed by atoms with Crippen molar-refractivity contribution < 1.29 is 22.3 Å². The molecular weight excluding hydrogens is 240 g/mol. The predicted molar refractivity (Wildman–Crippen MR) is 53.2 cm³/mol. The van der Waals surface area contributed by atoms with E-state index in [9.17, 15) is 17.2 Å². The van der Waals surface area contributed by atoms with Crippen molar-refractivity contribution >= 4 is 10.0 Å². The minimum absolute atomic E-state index is 0.434. The van der Waals surface area contributed by atoms with Crippen LogP contribution in [-0.2, 0) is 10.0 Å². The normalized spacial score (nSPS) is 13.8. The molecule has 0 radical (unpaired) electrons. The fourth-order valence-corrected chi connectivity index (χ4v) is 2.38. The predicted octanol–water partition coefficient (Wildman–Crippen LogP) is 0.624. The van der Waals surface area contributed by atoms with Gasteiger partial charge in [0, 0.05) is 6.04 Å². The zero-order valence-corrected chi connectivity index (χ0v) is 9.26. The van der Waals surface area contributed by atoms with Crippen LogP contribution in [0.5, 0.6) is 0 Å². The van der Waals surface area contributed by atoms with Crippen molar-refractivity contribution in [3.8, 4) is 0 Å². The van der Waals surface area contributed by atoms with Gasteiger partial charge in [0.2, 0.25) is 10.0 Å². The van der Waals surface area contributed by atoms with Crippen molar-refractivity contribution in [3.05, 3.63) is 29.8 Å². The summed E-state index contributed by atoms with van der Waals surface area (Å²) in [4.78, 5) is -0.771. The molecular formula is C9H11F2NO3S. The number of rotatable bonds is 4. The highest BCUT2D eigenvalue weighted by Crippen LogP contribution is 2.16. The molecule has 0 aromatic heterocycles. The van der Waals surface area contributed by atoms with Crippen LogP contribution in [0.15, 0.2) is 23.1 Å². The number of aliphatic hydroxyl groups is 1. The van der Waals surface area contributed by atoms with E-state index in [-0.39, 0.29) is 0 Å². The van der Waals surface area contributed by atoms with Gasteiger partial charge in [-0.1, -0.05) is 6.07 Å². The van der Waals surface area contributed by atoms with Gasteiger partial charge in [-0.2, -0.15) is 0 Å². The molecule has 0 aliphatic carbocycles. The molecule has 0 amide bonds. The summed E-state index contributed by atoms with van der Waals surface area (Å²) < 4.78 is 51.1. The lowest BCUT2D eigenvalue weighted by Crippen LogP contribution is -2.35. The van der Waals surface area contributed by atoms with E-state index < -0.39 is 39.2 Å². The third-order valence-corrected chi connectivity index (χ3v) is 3.44. The molecule has 1 aromatic carbocycles. The van der Waals surface area contributed by atoms with E-state index in [0.29, 0.717) is 0 Å². The highest BCUT2D eigenvalue weighted by atomic mass is 32.2. The highest BCUT2D eigenvalue weighted by Gasteiger charge is 2.22. The van der Waals surface area contributed by atoms with Gasteiger partial charge in [0.25, 0.3) is 0 Å². The molecule has 0 saturated heterocycles. The van der Waals surface area contributed by atoms with Gasteiger partial charge in [-0.3, -0.25) is 0 Å². The summed E-state index contributed by atoms with van der Waals surface area (Å²) in [6, 6.07) is 2.10. The van der Waals surface area contributed by atoms with Crippen LogP contribution in [0.1, 0.15) is 6.92 Å². The molecule has 0 aliphatic heterocycles. The molecule has 0 heterocycles. The summed E-state index contributed by atoms with van der Waals surface area (Å²) in [5.74, 6) is -2.67. The Labute approximate surface area is 92.0 Å². The van der Waals surface area contributed by atoms with Gasteiger partial charge < -0.3 is 5.11 Å². The molecule has 1 aromatic rings. The first-order valence-corrected chi connectivity index (χ1v) is 5.94. The first-order chi connectivity index (χ1) is 7.38. The Morgan fingerprint density at radius 2 is 2.06 bits per heavy atom. The third-order valence-electron chi connectivity index (χ3n) is 1.84. The lowest BCUT2D eigenvalue weighted by atomic mass is 10.3. The van der Waals surface area contributed by atoms with Crippen molar-refractivity contribution in [2.24, 2.45) is 0 Å². The highest BCUT2D eigenvalue weighted by molar-refractivity contribution is 7.89. The SMILES string of the molecule is C[C@H](CO)NS(=O)(=O)c1cccc(F)c1F. The molecule has 0 saturated carbocycles. The van der Waals surface area contributed by atoms with Crippen LogP contribution in [0.2, 0.25) is 0 Å². The quantitative estimate of drug-likeness (QED) is 0.824. The molecule has 0 unspecified atom stereocenters. The average Bonchev–Trinajstić information content (AvgIpc) is 2.21. The van der Waals surface area contributed by atoms with E-state index in [1.807, 2.05) is 4.72 Å². The van der Waals surface area contributed by atoms with E-state index in [0.717, 1.165) is 18.2 Å². The molecule has 0 bridgehead atoms. The van der Waals surface area contributed by atoms with Crippen LogP contribution < -0.4 is 4.72 Å². The third kappa shape index (κ3) is 2.75. The first-order valence-electron chi connectivity index (χ1n) is 4.45. The Bertz CT molecular complexity index is 476. The van der Waals surface area contributed by atoms with Crippen LogP contribution in [0, 0.1) is 11.6 Å². The lowest BCUT2D eigenvalue weighted by molar-refractivity contribution is 0.265. The average molecular weight is 251 g/mol. The van der Waals surface area contributed by atoms with E-state index in [1.165, 1.54) is 6.92 Å². The van der Waals surface area contributed by atoms with Gasteiger partial charge in [-0.05, 0) is 19.1 Å². The van der Waals surface area contributed by atoms with Crippen LogP contribution in [0.3, 0.4) is 0 Å². The molecule has 1 atom stereocenters. The van der Waals surface area contributed by atoms with Gasteiger partial charge in [0.15, 0.2) is 11.6 Å². The lowest BCUT2D eigenvalue weighted by Gasteiger charge is -2.12. The molecule has 16 heavy (non-hydrogen) atoms. The number of nitrogens with one attached hydrogen (secondary N) is 1. The van der Waals surface area contributed by atoms with Gasteiger partial charge in [0.1, 0.15) is 4.90 Å². The fourth-order valence-electron chi connectivity index (χ4n) is 1.06. The number of sulfonamides is 1. The number of halogens is 2. The second-order valence-electron chi connectivity index (χ2n) is 3.26. The first kappa shape index (κ1) is 13.0. The van der Waals surface area contributed by atoms with Crippen LogP contribution in [0.25, 0.3) is 0 Å². The maximum Gasteiger partial charge on any atom is 0.243 e. The smallest absolute Gasteiger partial charge is 0.243 e. The topological polar surface area (TPSA) is 66.4 Å². The Morgan fingerprint density at radius 1 is 1.44 bits per heavy atom. The summed E-state index contributed by atoms with van der Waals surface area (Å²) in [5.41, 5.74) is 0. The summed E-state index contributed by atoms with van der Waals surface area (Å²) in [6.45, 7) is 0.963. The molecule has 0 aliphatic rings. The van der Waals surface area contributed by atoms with E-state index in [4.69, 9.17) is 5.11 Å². The van der Waals surface area contributed by atoms with Crippen molar-refractivity contribution in [2.45, 2.75) is 17.9 Å². The summed E-state index contributed by atoms with van der Waals surface area (Å²) >= 11 is 0. The van der Waals surface area contributed by atoms with Gasteiger partial charge in [-0.15, -0.1) is 0 Å². The minimum atomic E-state index is -4.15. The Kier molecular flexibility index (Phi) is 3.95. The standard InChI is InChI=1S/C9H11F2NO3S/c1-6(5-13)12-16(14,15)8-4-2-3-7(10)9(8)11/h2-4,6,12-13H,5H2,1H3/t6-/m1/s1. The number of aliphatic hydroxyl groups excluding tert-OH is 1. The molecule has 1 rings (SSSR count). The molecule has 4 nitrogen and oxygen atoms in total. The molecule has 7 heteroatoms. The van der Waals surface area contributed by atoms with Crippen LogP contribution in [-0.4, -0.2) is 26.2 Å². The van der Waals surface area contributed by atoms with E-state index in [2.05, 4.69) is 0 Å². The van der Waals surface area contributed by atoms with Gasteiger partial charge in [0.05, 0.1) is 6.61 Å². The van der Waals surface area contributed by atoms with Gasteiger partial charge >= 0.3 is 0 Å². The minimum Gasteiger partial charge on any atom is -0.395 e. The molecule has 2 N–H and O–H groups in total. The number of benzene rings is 1. The van der Waals surface area contributed by atoms with Crippen LogP contribution in [0.4, 0.5) is 8.78 Å². The summed E-state index contributed by atoms with van der Waals surface area (Å²) in [7, 11) is -4.15. The maximum absolute atomic E-state index is 13.2. The molecule has 0 spiro atoms. The molecule has 90 valence electrons. The Hall–Kier alpha value is -1.05.